The minimum atomic E-state index is 0.0480. The average Bonchev–Trinajstić information content (AvgIpc) is 3.38. The summed E-state index contributed by atoms with van der Waals surface area (Å²) in [4.78, 5) is 12.8. The van der Waals surface area contributed by atoms with E-state index in [1.807, 2.05) is 4.90 Å². The molecule has 3 nitrogen and oxygen atoms in total. The molecule has 1 amide bonds. The number of rotatable bonds is 5. The zero-order valence-corrected chi connectivity index (χ0v) is 13.8. The molecule has 4 rings (SSSR count). The highest BCUT2D eigenvalue weighted by molar-refractivity contribution is 5.70. The molecular weight excluding hydrogens is 298 g/mol. The number of aliphatic hydroxyl groups is 1. The molecule has 2 aromatic rings. The van der Waals surface area contributed by atoms with Gasteiger partial charge in [-0.2, -0.15) is 0 Å². The molecule has 1 aliphatic heterocycles. The normalized spacial score (nSPS) is 20.4. The standard InChI is InChI=1S/C21H23NO2/c23-13-18-11-16(21-4-2-1-3-20(21)15-5-6-15)7-8-19(18)17-9-10-22(12-17)14-24/h1-4,7-8,11,14-15,17,23H,5-6,9-10,12-13H2. The maximum absolute atomic E-state index is 11.0. The zero-order valence-electron chi connectivity index (χ0n) is 13.8. The average molecular weight is 321 g/mol. The Labute approximate surface area is 142 Å². The predicted molar refractivity (Wildman–Crippen MR) is 94.8 cm³/mol. The number of carbonyl (C=O) groups is 1. The van der Waals surface area contributed by atoms with Crippen molar-refractivity contribution in [2.75, 3.05) is 13.1 Å². The van der Waals surface area contributed by atoms with Crippen molar-refractivity contribution < 1.29 is 9.90 Å². The van der Waals surface area contributed by atoms with E-state index in [9.17, 15) is 9.90 Å². The molecule has 124 valence electrons. The molecular formula is C21H23NO2. The van der Waals surface area contributed by atoms with E-state index >= 15 is 0 Å². The number of hydrogen-bond acceptors (Lipinski definition) is 2. The van der Waals surface area contributed by atoms with Gasteiger partial charge < -0.3 is 10.0 Å². The molecule has 0 aromatic heterocycles. The molecule has 2 aliphatic rings. The van der Waals surface area contributed by atoms with Crippen LogP contribution in [0.25, 0.3) is 11.1 Å². The van der Waals surface area contributed by atoms with Gasteiger partial charge in [0, 0.05) is 19.0 Å². The second kappa shape index (κ2) is 6.40. The molecule has 1 unspecified atom stereocenters. The number of carbonyl (C=O) groups excluding carboxylic acids is 1. The monoisotopic (exact) mass is 321 g/mol. The fourth-order valence-corrected chi connectivity index (χ4v) is 3.96. The quantitative estimate of drug-likeness (QED) is 0.854. The zero-order chi connectivity index (χ0) is 16.5. The Morgan fingerprint density at radius 1 is 1.04 bits per heavy atom. The second-order valence-corrected chi connectivity index (χ2v) is 7.02. The van der Waals surface area contributed by atoms with Crippen molar-refractivity contribution in [2.24, 2.45) is 0 Å². The summed E-state index contributed by atoms with van der Waals surface area (Å²) in [5, 5.41) is 9.88. The SMILES string of the molecule is O=CN1CCC(c2ccc(-c3ccccc3C3CC3)cc2CO)C1. The lowest BCUT2D eigenvalue weighted by molar-refractivity contribution is -0.117. The van der Waals surface area contributed by atoms with Crippen LogP contribution in [0.5, 0.6) is 0 Å². The molecule has 2 aromatic carbocycles. The Morgan fingerprint density at radius 3 is 2.58 bits per heavy atom. The van der Waals surface area contributed by atoms with Crippen molar-refractivity contribution in [1.29, 1.82) is 0 Å². The fourth-order valence-electron chi connectivity index (χ4n) is 3.96. The summed E-state index contributed by atoms with van der Waals surface area (Å²) in [5.41, 5.74) is 6.10. The van der Waals surface area contributed by atoms with Gasteiger partial charge in [-0.25, -0.2) is 0 Å². The summed E-state index contributed by atoms with van der Waals surface area (Å²) in [6, 6.07) is 15.1. The van der Waals surface area contributed by atoms with Crippen LogP contribution in [0.2, 0.25) is 0 Å². The summed E-state index contributed by atoms with van der Waals surface area (Å²) >= 11 is 0. The number of nitrogens with zero attached hydrogens (tertiary/aromatic N) is 1. The summed E-state index contributed by atoms with van der Waals surface area (Å²) in [7, 11) is 0. The van der Waals surface area contributed by atoms with E-state index in [1.165, 1.54) is 35.1 Å². The Hall–Kier alpha value is -2.13. The number of hydrogen-bond donors (Lipinski definition) is 1. The number of benzene rings is 2. The van der Waals surface area contributed by atoms with Crippen LogP contribution in [0.15, 0.2) is 42.5 Å². The van der Waals surface area contributed by atoms with Crippen LogP contribution in [-0.2, 0) is 11.4 Å². The van der Waals surface area contributed by atoms with E-state index in [0.717, 1.165) is 31.5 Å². The van der Waals surface area contributed by atoms with Crippen LogP contribution in [0.4, 0.5) is 0 Å². The topological polar surface area (TPSA) is 40.5 Å². The molecule has 24 heavy (non-hydrogen) atoms. The van der Waals surface area contributed by atoms with E-state index in [0.29, 0.717) is 11.8 Å². The van der Waals surface area contributed by atoms with Crippen LogP contribution in [0.3, 0.4) is 0 Å². The highest BCUT2D eigenvalue weighted by Gasteiger charge is 2.27. The first-order chi connectivity index (χ1) is 11.8. The molecule has 1 atom stereocenters. The van der Waals surface area contributed by atoms with Gasteiger partial charge in [0.1, 0.15) is 0 Å². The van der Waals surface area contributed by atoms with E-state index < -0.39 is 0 Å². The van der Waals surface area contributed by atoms with E-state index in [2.05, 4.69) is 42.5 Å². The molecule has 1 N–H and O–H groups in total. The lowest BCUT2D eigenvalue weighted by Gasteiger charge is -2.17. The first kappa shape index (κ1) is 15.4. The molecule has 3 heteroatoms. The summed E-state index contributed by atoms with van der Waals surface area (Å²) in [5.74, 6) is 1.04. The maximum Gasteiger partial charge on any atom is 0.209 e. The summed E-state index contributed by atoms with van der Waals surface area (Å²) in [6.07, 6.45) is 4.47. The second-order valence-electron chi connectivity index (χ2n) is 7.02. The van der Waals surface area contributed by atoms with E-state index in [-0.39, 0.29) is 6.61 Å². The summed E-state index contributed by atoms with van der Waals surface area (Å²) in [6.45, 7) is 1.62. The van der Waals surface area contributed by atoms with Crippen molar-refractivity contribution in [3.8, 4) is 11.1 Å². The van der Waals surface area contributed by atoms with Gasteiger partial charge in [-0.05, 0) is 59.1 Å². The van der Waals surface area contributed by atoms with E-state index in [1.54, 1.807) is 0 Å². The molecule has 1 aliphatic carbocycles. The molecule has 1 heterocycles. The minimum Gasteiger partial charge on any atom is -0.392 e. The van der Waals surface area contributed by atoms with Crippen molar-refractivity contribution in [3.05, 3.63) is 59.2 Å². The van der Waals surface area contributed by atoms with Gasteiger partial charge in [0.15, 0.2) is 0 Å². The van der Waals surface area contributed by atoms with Gasteiger partial charge >= 0.3 is 0 Å². The predicted octanol–water partition coefficient (Wildman–Crippen LogP) is 3.67. The summed E-state index contributed by atoms with van der Waals surface area (Å²) < 4.78 is 0. The fraction of sp³-hybridized carbons (Fsp3) is 0.381. The number of amides is 1. The molecule has 0 radical (unpaired) electrons. The first-order valence-corrected chi connectivity index (χ1v) is 8.82. The maximum atomic E-state index is 11.0. The Balaban J connectivity index is 1.68. The van der Waals surface area contributed by atoms with Crippen molar-refractivity contribution in [2.45, 2.75) is 37.7 Å². The van der Waals surface area contributed by atoms with Crippen LogP contribution >= 0.6 is 0 Å². The van der Waals surface area contributed by atoms with Gasteiger partial charge in [0.05, 0.1) is 6.61 Å². The Bertz CT molecular complexity index is 751. The van der Waals surface area contributed by atoms with E-state index in [4.69, 9.17) is 0 Å². The van der Waals surface area contributed by atoms with Crippen molar-refractivity contribution >= 4 is 6.41 Å². The Morgan fingerprint density at radius 2 is 1.88 bits per heavy atom. The highest BCUT2D eigenvalue weighted by atomic mass is 16.3. The van der Waals surface area contributed by atoms with Gasteiger partial charge in [-0.3, -0.25) is 4.79 Å². The largest absolute Gasteiger partial charge is 0.392 e. The van der Waals surface area contributed by atoms with Crippen LogP contribution < -0.4 is 0 Å². The van der Waals surface area contributed by atoms with Crippen molar-refractivity contribution in [1.82, 2.24) is 4.90 Å². The molecule has 1 saturated carbocycles. The van der Waals surface area contributed by atoms with Gasteiger partial charge in [0.25, 0.3) is 0 Å². The number of likely N-dealkylation sites (tertiary alicyclic amines) is 1. The van der Waals surface area contributed by atoms with Gasteiger partial charge in [-0.15, -0.1) is 0 Å². The van der Waals surface area contributed by atoms with Crippen LogP contribution in [0, 0.1) is 0 Å². The number of aliphatic hydroxyl groups excluding tert-OH is 1. The van der Waals surface area contributed by atoms with Crippen LogP contribution in [-0.4, -0.2) is 29.5 Å². The minimum absolute atomic E-state index is 0.0480. The lowest BCUT2D eigenvalue weighted by Crippen LogP contribution is -2.17. The molecule has 0 bridgehead atoms. The van der Waals surface area contributed by atoms with Gasteiger partial charge in [-0.1, -0.05) is 36.4 Å². The third-order valence-electron chi connectivity index (χ3n) is 5.41. The third-order valence-corrected chi connectivity index (χ3v) is 5.41. The molecule has 1 saturated heterocycles. The smallest absolute Gasteiger partial charge is 0.209 e. The Kier molecular flexibility index (Phi) is 4.11. The molecule has 0 spiro atoms. The van der Waals surface area contributed by atoms with Crippen molar-refractivity contribution in [3.63, 3.8) is 0 Å². The molecule has 2 fully saturated rings. The van der Waals surface area contributed by atoms with Crippen LogP contribution in [0.1, 0.15) is 47.8 Å². The highest BCUT2D eigenvalue weighted by Crippen LogP contribution is 2.44. The van der Waals surface area contributed by atoms with Gasteiger partial charge in [0.2, 0.25) is 6.41 Å². The third kappa shape index (κ3) is 2.84. The first-order valence-electron chi connectivity index (χ1n) is 8.82. The lowest BCUT2D eigenvalue weighted by atomic mass is 9.89.